The lowest BCUT2D eigenvalue weighted by Crippen LogP contribution is -2.39. The number of fused-ring (bicyclic) bond motifs is 1. The summed E-state index contributed by atoms with van der Waals surface area (Å²) in [6, 6.07) is 11.0. The summed E-state index contributed by atoms with van der Waals surface area (Å²) in [5.41, 5.74) is 0.784. The average Bonchev–Trinajstić information content (AvgIpc) is 2.80. The van der Waals surface area contributed by atoms with Crippen LogP contribution in [0, 0.1) is 0 Å². The first kappa shape index (κ1) is 25.0. The third-order valence-corrected chi connectivity index (χ3v) is 7.16. The number of ketones is 1. The van der Waals surface area contributed by atoms with Crippen LogP contribution in [0.25, 0.3) is 0 Å². The molecule has 0 aromatic heterocycles. The average molecular weight is 487 g/mol. The van der Waals surface area contributed by atoms with Crippen molar-refractivity contribution in [3.8, 4) is 11.5 Å². The Bertz CT molecular complexity index is 1220. The number of carbonyl (C=O) groups is 3. The lowest BCUT2D eigenvalue weighted by atomic mass is 10.1. The summed E-state index contributed by atoms with van der Waals surface area (Å²) in [5.74, 6) is -1.84. The Morgan fingerprint density at radius 2 is 2.00 bits per heavy atom. The number of benzene rings is 2. The smallest absolute Gasteiger partial charge is 0.265 e. The lowest BCUT2D eigenvalue weighted by molar-refractivity contribution is -0.121. The minimum Gasteiger partial charge on any atom is -0.492 e. The molecule has 0 saturated heterocycles. The standard InChI is InChI=1S/C24H26N2O7S/c1-4-12-26-19-13-17(10-11-21(19)33-14-23(26)28)24(29)16(3)34(30,31)15-22(27)25-18-8-6-7-9-20(18)32-5-2/h4,6-11,13,16H,1,5,12,14-15H2,2-3H3,(H,25,27). The predicted molar refractivity (Wildman–Crippen MR) is 128 cm³/mol. The summed E-state index contributed by atoms with van der Waals surface area (Å²) >= 11 is 0. The maximum Gasteiger partial charge on any atom is 0.265 e. The zero-order valence-electron chi connectivity index (χ0n) is 18.9. The van der Waals surface area contributed by atoms with Gasteiger partial charge in [-0.1, -0.05) is 18.2 Å². The van der Waals surface area contributed by atoms with E-state index in [0.29, 0.717) is 29.5 Å². The summed E-state index contributed by atoms with van der Waals surface area (Å²) in [4.78, 5) is 39.1. The summed E-state index contributed by atoms with van der Waals surface area (Å²) in [6.45, 7) is 7.10. The Labute approximate surface area is 198 Å². The Hall–Kier alpha value is -3.66. The van der Waals surface area contributed by atoms with Gasteiger partial charge in [-0.2, -0.15) is 0 Å². The van der Waals surface area contributed by atoms with E-state index in [1.807, 2.05) is 0 Å². The fraction of sp³-hybridized carbons (Fsp3) is 0.292. The van der Waals surface area contributed by atoms with Gasteiger partial charge in [0.15, 0.2) is 22.2 Å². The molecule has 2 amide bonds. The highest BCUT2D eigenvalue weighted by Gasteiger charge is 2.33. The minimum atomic E-state index is -4.14. The van der Waals surface area contributed by atoms with Crippen molar-refractivity contribution in [3.63, 3.8) is 0 Å². The molecule has 10 heteroatoms. The molecule has 1 heterocycles. The van der Waals surface area contributed by atoms with E-state index in [4.69, 9.17) is 9.47 Å². The van der Waals surface area contributed by atoms with Crippen LogP contribution in [0.1, 0.15) is 24.2 Å². The van der Waals surface area contributed by atoms with Gasteiger partial charge in [0.2, 0.25) is 5.91 Å². The largest absolute Gasteiger partial charge is 0.492 e. The Morgan fingerprint density at radius 1 is 1.26 bits per heavy atom. The number of carbonyl (C=O) groups excluding carboxylic acids is 3. The summed E-state index contributed by atoms with van der Waals surface area (Å²) < 4.78 is 36.5. The zero-order chi connectivity index (χ0) is 24.9. The van der Waals surface area contributed by atoms with Gasteiger partial charge in [-0.15, -0.1) is 6.58 Å². The van der Waals surface area contributed by atoms with Gasteiger partial charge < -0.3 is 19.7 Å². The van der Waals surface area contributed by atoms with Gasteiger partial charge in [-0.25, -0.2) is 8.42 Å². The number of anilines is 2. The highest BCUT2D eigenvalue weighted by Crippen LogP contribution is 2.33. The topological polar surface area (TPSA) is 119 Å². The van der Waals surface area contributed by atoms with Gasteiger partial charge in [0, 0.05) is 12.1 Å². The van der Waals surface area contributed by atoms with E-state index < -0.39 is 32.5 Å². The number of rotatable bonds is 10. The predicted octanol–water partition coefficient (Wildman–Crippen LogP) is 2.62. The Kier molecular flexibility index (Phi) is 7.72. The number of hydrogen-bond donors (Lipinski definition) is 1. The van der Waals surface area contributed by atoms with Crippen molar-refractivity contribution in [2.45, 2.75) is 19.1 Å². The van der Waals surface area contributed by atoms with Crippen LogP contribution in [0.3, 0.4) is 0 Å². The number of hydrogen-bond acceptors (Lipinski definition) is 7. The molecule has 9 nitrogen and oxygen atoms in total. The van der Waals surface area contributed by atoms with Crippen molar-refractivity contribution < 1.29 is 32.3 Å². The van der Waals surface area contributed by atoms with E-state index in [-0.39, 0.29) is 24.6 Å². The van der Waals surface area contributed by atoms with E-state index >= 15 is 0 Å². The lowest BCUT2D eigenvalue weighted by Gasteiger charge is -2.29. The Balaban J connectivity index is 1.77. The van der Waals surface area contributed by atoms with Crippen LogP contribution in [0.4, 0.5) is 11.4 Å². The molecule has 3 rings (SSSR count). The quantitative estimate of drug-likeness (QED) is 0.405. The maximum atomic E-state index is 13.0. The molecule has 1 aliphatic rings. The molecule has 0 aliphatic carbocycles. The van der Waals surface area contributed by atoms with E-state index in [1.165, 1.54) is 36.1 Å². The number of ether oxygens (including phenoxy) is 2. The molecule has 1 atom stereocenters. The van der Waals surface area contributed by atoms with Crippen LogP contribution >= 0.6 is 0 Å². The van der Waals surface area contributed by atoms with E-state index in [9.17, 15) is 22.8 Å². The van der Waals surface area contributed by atoms with Gasteiger partial charge in [-0.3, -0.25) is 14.4 Å². The Morgan fingerprint density at radius 3 is 2.71 bits per heavy atom. The third-order valence-electron chi connectivity index (χ3n) is 5.20. The van der Waals surface area contributed by atoms with Crippen molar-refractivity contribution in [1.29, 1.82) is 0 Å². The zero-order valence-corrected chi connectivity index (χ0v) is 19.8. The second-order valence-corrected chi connectivity index (χ2v) is 9.88. The van der Waals surface area contributed by atoms with Crippen molar-refractivity contribution in [1.82, 2.24) is 0 Å². The molecule has 2 aromatic rings. The molecule has 1 aliphatic heterocycles. The van der Waals surface area contributed by atoms with Crippen molar-refractivity contribution in [3.05, 3.63) is 60.7 Å². The number of Topliss-reactive ketones (excluding diaryl/α,β-unsaturated/α-hetero) is 1. The van der Waals surface area contributed by atoms with Crippen LogP contribution in [0.5, 0.6) is 11.5 Å². The van der Waals surface area contributed by atoms with Crippen molar-refractivity contribution >= 4 is 38.8 Å². The molecule has 0 spiro atoms. The number of nitrogens with one attached hydrogen (secondary N) is 1. The monoisotopic (exact) mass is 486 g/mol. The molecule has 1 unspecified atom stereocenters. The van der Waals surface area contributed by atoms with Gasteiger partial charge in [-0.05, 0) is 44.2 Å². The molecule has 180 valence electrons. The fourth-order valence-corrected chi connectivity index (χ4v) is 4.58. The first-order valence-electron chi connectivity index (χ1n) is 10.6. The van der Waals surface area contributed by atoms with E-state index in [2.05, 4.69) is 11.9 Å². The first-order chi connectivity index (χ1) is 16.2. The molecule has 0 bridgehead atoms. The van der Waals surface area contributed by atoms with Gasteiger partial charge in [0.25, 0.3) is 5.91 Å². The van der Waals surface area contributed by atoms with E-state index in [1.54, 1.807) is 31.2 Å². The van der Waals surface area contributed by atoms with E-state index in [0.717, 1.165) is 0 Å². The van der Waals surface area contributed by atoms with Crippen LogP contribution in [0.2, 0.25) is 0 Å². The number of para-hydroxylation sites is 2. The fourth-order valence-electron chi connectivity index (χ4n) is 3.43. The number of nitrogens with zero attached hydrogens (tertiary/aromatic N) is 1. The molecule has 34 heavy (non-hydrogen) atoms. The van der Waals surface area contributed by atoms with Gasteiger partial charge in [0.05, 0.1) is 18.0 Å². The molecule has 0 saturated carbocycles. The molecule has 0 fully saturated rings. The summed E-state index contributed by atoms with van der Waals surface area (Å²) in [7, 11) is -4.14. The highest BCUT2D eigenvalue weighted by molar-refractivity contribution is 7.93. The molecule has 2 aromatic carbocycles. The normalized spacial score (nSPS) is 13.9. The minimum absolute atomic E-state index is 0.0873. The van der Waals surface area contributed by atoms with Gasteiger partial charge in [0.1, 0.15) is 22.5 Å². The summed E-state index contributed by atoms with van der Waals surface area (Å²) in [5, 5.41) is 1.05. The van der Waals surface area contributed by atoms with Gasteiger partial charge >= 0.3 is 0 Å². The highest BCUT2D eigenvalue weighted by atomic mass is 32.2. The second-order valence-electron chi connectivity index (χ2n) is 7.56. The molecular formula is C24H26N2O7S. The molecule has 0 radical (unpaired) electrons. The van der Waals surface area contributed by atoms with Crippen LogP contribution in [-0.2, 0) is 19.4 Å². The second kappa shape index (κ2) is 10.5. The molecule has 1 N–H and O–H groups in total. The van der Waals surface area contributed by atoms with Crippen molar-refractivity contribution in [2.24, 2.45) is 0 Å². The third kappa shape index (κ3) is 5.45. The van der Waals surface area contributed by atoms with Crippen molar-refractivity contribution in [2.75, 3.05) is 35.7 Å². The SMILES string of the molecule is C=CCN1C(=O)COc2ccc(C(=O)C(C)S(=O)(=O)CC(=O)Nc3ccccc3OCC)cc21. The first-order valence-corrected chi connectivity index (χ1v) is 12.3. The number of amides is 2. The number of sulfone groups is 1. The van der Waals surface area contributed by atoms with Crippen LogP contribution in [-0.4, -0.2) is 56.8 Å². The summed E-state index contributed by atoms with van der Waals surface area (Å²) in [6.07, 6.45) is 1.54. The van der Waals surface area contributed by atoms with Crippen LogP contribution in [0.15, 0.2) is 55.1 Å². The van der Waals surface area contributed by atoms with Crippen LogP contribution < -0.4 is 19.7 Å². The maximum absolute atomic E-state index is 13.0. The molecular weight excluding hydrogens is 460 g/mol.